The third-order valence-electron chi connectivity index (χ3n) is 11.8. The number of aryl methyl sites for hydroxylation is 2. The first kappa shape index (κ1) is 30.7. The zero-order chi connectivity index (χ0) is 30.6. The molecule has 7 heteroatoms. The molecular weight excluding hydrogens is 554 g/mol. The van der Waals surface area contributed by atoms with Crippen molar-refractivity contribution in [1.29, 1.82) is 0 Å². The molecule has 242 valence electrons. The molecule has 7 rings (SSSR count). The van der Waals surface area contributed by atoms with E-state index in [1.165, 1.54) is 99.7 Å². The van der Waals surface area contributed by atoms with Gasteiger partial charge in [0.2, 0.25) is 5.95 Å². The van der Waals surface area contributed by atoms with Gasteiger partial charge in [0.1, 0.15) is 5.82 Å². The molecule has 0 bridgehead atoms. The largest absolute Gasteiger partial charge is 0.361 e. The quantitative estimate of drug-likeness (QED) is 0.229. The molecule has 1 aliphatic heterocycles. The molecule has 4 aliphatic rings. The van der Waals surface area contributed by atoms with Crippen molar-refractivity contribution in [3.63, 3.8) is 0 Å². The molecular formula is C38H55N7. The summed E-state index contributed by atoms with van der Waals surface area (Å²) in [5.74, 6) is 3.06. The first-order valence-electron chi connectivity index (χ1n) is 18.3. The van der Waals surface area contributed by atoms with Crippen molar-refractivity contribution in [2.45, 2.75) is 128 Å². The molecule has 1 spiro atoms. The number of benzene rings is 1. The predicted octanol–water partition coefficient (Wildman–Crippen LogP) is 8.16. The van der Waals surface area contributed by atoms with Gasteiger partial charge in [-0.15, -0.1) is 0 Å². The van der Waals surface area contributed by atoms with Crippen molar-refractivity contribution in [1.82, 2.24) is 24.6 Å². The van der Waals surface area contributed by atoms with Gasteiger partial charge in [0, 0.05) is 43.0 Å². The lowest BCUT2D eigenvalue weighted by Gasteiger charge is -2.49. The molecule has 0 amide bonds. The molecule has 1 saturated heterocycles. The zero-order valence-electron chi connectivity index (χ0n) is 27.8. The predicted molar refractivity (Wildman–Crippen MR) is 184 cm³/mol. The number of anilines is 2. The Hall–Kier alpha value is -2.93. The van der Waals surface area contributed by atoms with Gasteiger partial charge in [-0.25, -0.2) is 4.98 Å². The Kier molecular flexibility index (Phi) is 9.43. The molecule has 7 nitrogen and oxygen atoms in total. The highest BCUT2D eigenvalue weighted by Gasteiger charge is 2.41. The molecule has 3 fully saturated rings. The molecule has 3 heterocycles. The van der Waals surface area contributed by atoms with Crippen LogP contribution in [0, 0.1) is 11.3 Å². The van der Waals surface area contributed by atoms with E-state index < -0.39 is 0 Å². The van der Waals surface area contributed by atoms with E-state index in [-0.39, 0.29) is 6.04 Å². The van der Waals surface area contributed by atoms with Gasteiger partial charge in [-0.2, -0.15) is 10.1 Å². The van der Waals surface area contributed by atoms with Gasteiger partial charge in [-0.05, 0) is 100 Å². The Morgan fingerprint density at radius 3 is 2.49 bits per heavy atom. The Morgan fingerprint density at radius 2 is 1.76 bits per heavy atom. The summed E-state index contributed by atoms with van der Waals surface area (Å²) in [4.78, 5) is 13.3. The molecule has 0 radical (unpaired) electrons. The average Bonchev–Trinajstić information content (AvgIpc) is 3.56. The zero-order valence-corrected chi connectivity index (χ0v) is 27.8. The standard InChI is InChI=1S/C38H55N7/c1-3-33(29-15-9-6-10-16-29)41-37-42-34-18-17-30(28-13-7-5-8-14-28)23-32(34)36(43-37)40-35(31-24-39-45(4-2)25-31)26-44-22-12-21-38(27-44)19-11-20-38/h5,7-8,13-14,24-25,29-30,33,35H,3-4,6,9-12,15-23,26-27H2,1-2H3,(H2,40,41,42,43)/t30-,33-,35+/m1/s1. The molecule has 1 aromatic carbocycles. The van der Waals surface area contributed by atoms with E-state index >= 15 is 0 Å². The van der Waals surface area contributed by atoms with Crippen LogP contribution in [0.5, 0.6) is 0 Å². The molecule has 45 heavy (non-hydrogen) atoms. The number of fused-ring (bicyclic) bond motifs is 1. The SMILES string of the molecule is CC[C@@H](Nc1nc2c(c(N[C@@H](CN3CCCC4(CCC4)C3)c3cnn(CC)c3)n1)C[C@H](c1ccccc1)CC2)C1CCCCC1. The maximum Gasteiger partial charge on any atom is 0.225 e. The molecule has 0 unspecified atom stereocenters. The monoisotopic (exact) mass is 609 g/mol. The normalized spacial score (nSPS) is 23.2. The molecule has 2 N–H and O–H groups in total. The second-order valence-electron chi connectivity index (χ2n) is 14.7. The number of aromatic nitrogens is 4. The van der Waals surface area contributed by atoms with Crippen LogP contribution in [-0.4, -0.2) is 50.3 Å². The Morgan fingerprint density at radius 1 is 0.933 bits per heavy atom. The third kappa shape index (κ3) is 6.94. The lowest BCUT2D eigenvalue weighted by molar-refractivity contribution is 0.0186. The van der Waals surface area contributed by atoms with Crippen molar-refractivity contribution in [2.75, 3.05) is 30.3 Å². The minimum atomic E-state index is 0.129. The molecule has 2 saturated carbocycles. The minimum Gasteiger partial charge on any atom is -0.361 e. The fourth-order valence-corrected chi connectivity index (χ4v) is 9.00. The van der Waals surface area contributed by atoms with Gasteiger partial charge < -0.3 is 15.5 Å². The van der Waals surface area contributed by atoms with E-state index in [0.29, 0.717) is 23.3 Å². The molecule has 3 aliphatic carbocycles. The lowest BCUT2D eigenvalue weighted by atomic mass is 9.64. The number of hydrogen-bond acceptors (Lipinski definition) is 6. The maximum absolute atomic E-state index is 5.36. The number of nitrogens with one attached hydrogen (secondary N) is 2. The van der Waals surface area contributed by atoms with Crippen LogP contribution in [0.15, 0.2) is 42.7 Å². The van der Waals surface area contributed by atoms with E-state index in [1.807, 2.05) is 0 Å². The second kappa shape index (κ2) is 13.8. The minimum absolute atomic E-state index is 0.129. The van der Waals surface area contributed by atoms with Crippen LogP contribution in [0.1, 0.15) is 125 Å². The van der Waals surface area contributed by atoms with Crippen LogP contribution >= 0.6 is 0 Å². The van der Waals surface area contributed by atoms with Crippen LogP contribution in [0.3, 0.4) is 0 Å². The van der Waals surface area contributed by atoms with E-state index in [4.69, 9.17) is 15.1 Å². The number of nitrogens with zero attached hydrogens (tertiary/aromatic N) is 5. The first-order chi connectivity index (χ1) is 22.1. The van der Waals surface area contributed by atoms with E-state index in [0.717, 1.165) is 50.5 Å². The van der Waals surface area contributed by atoms with E-state index in [2.05, 4.69) is 76.8 Å². The van der Waals surface area contributed by atoms with Gasteiger partial charge >= 0.3 is 0 Å². The van der Waals surface area contributed by atoms with Gasteiger partial charge in [0.05, 0.1) is 17.9 Å². The highest BCUT2D eigenvalue weighted by atomic mass is 15.3. The number of likely N-dealkylation sites (tertiary alicyclic amines) is 1. The summed E-state index contributed by atoms with van der Waals surface area (Å²) in [6, 6.07) is 11.6. The summed E-state index contributed by atoms with van der Waals surface area (Å²) in [5.41, 5.74) is 5.80. The van der Waals surface area contributed by atoms with Crippen molar-refractivity contribution in [3.05, 3.63) is 65.1 Å². The van der Waals surface area contributed by atoms with Gasteiger partial charge in [0.15, 0.2) is 0 Å². The fraction of sp³-hybridized carbons (Fsp3) is 0.658. The summed E-state index contributed by atoms with van der Waals surface area (Å²) in [6.45, 7) is 8.78. The summed E-state index contributed by atoms with van der Waals surface area (Å²) < 4.78 is 2.07. The van der Waals surface area contributed by atoms with Crippen molar-refractivity contribution in [2.24, 2.45) is 11.3 Å². The van der Waals surface area contributed by atoms with Crippen LogP contribution in [0.25, 0.3) is 0 Å². The van der Waals surface area contributed by atoms with Gasteiger partial charge in [0.25, 0.3) is 0 Å². The summed E-state index contributed by atoms with van der Waals surface area (Å²) >= 11 is 0. The first-order valence-corrected chi connectivity index (χ1v) is 18.3. The van der Waals surface area contributed by atoms with Crippen molar-refractivity contribution >= 4 is 11.8 Å². The average molecular weight is 610 g/mol. The van der Waals surface area contributed by atoms with Gasteiger partial charge in [-0.3, -0.25) is 4.68 Å². The topological polar surface area (TPSA) is 70.9 Å². The van der Waals surface area contributed by atoms with Gasteiger partial charge in [-0.1, -0.05) is 62.9 Å². The third-order valence-corrected chi connectivity index (χ3v) is 11.8. The van der Waals surface area contributed by atoms with E-state index in [1.54, 1.807) is 0 Å². The van der Waals surface area contributed by atoms with Crippen LogP contribution < -0.4 is 10.6 Å². The Balaban J connectivity index is 1.21. The molecule has 3 atom stereocenters. The van der Waals surface area contributed by atoms with Crippen LogP contribution in [0.2, 0.25) is 0 Å². The Labute approximate surface area is 271 Å². The van der Waals surface area contributed by atoms with Crippen LogP contribution in [0.4, 0.5) is 11.8 Å². The second-order valence-corrected chi connectivity index (χ2v) is 14.7. The molecule has 2 aromatic heterocycles. The van der Waals surface area contributed by atoms with Crippen molar-refractivity contribution in [3.8, 4) is 0 Å². The summed E-state index contributed by atoms with van der Waals surface area (Å²) in [7, 11) is 0. The highest BCUT2D eigenvalue weighted by Crippen LogP contribution is 2.47. The highest BCUT2D eigenvalue weighted by molar-refractivity contribution is 5.54. The number of rotatable bonds is 11. The van der Waals surface area contributed by atoms with Crippen molar-refractivity contribution < 1.29 is 0 Å². The summed E-state index contributed by atoms with van der Waals surface area (Å²) in [6.07, 6.45) is 22.2. The maximum atomic E-state index is 5.36. The number of hydrogen-bond donors (Lipinski definition) is 2. The smallest absolute Gasteiger partial charge is 0.225 e. The number of piperidine rings is 1. The summed E-state index contributed by atoms with van der Waals surface area (Å²) in [5, 5.41) is 12.7. The molecule has 3 aromatic rings. The van der Waals surface area contributed by atoms with E-state index in [9.17, 15) is 0 Å². The van der Waals surface area contributed by atoms with Crippen LogP contribution in [-0.2, 0) is 19.4 Å². The Bertz CT molecular complexity index is 1390. The fourth-order valence-electron chi connectivity index (χ4n) is 9.00. The lowest BCUT2D eigenvalue weighted by Crippen LogP contribution is -2.48.